The molecule has 0 saturated heterocycles. The van der Waals surface area contributed by atoms with Crippen LogP contribution in [0.25, 0.3) is 11.1 Å². The molecule has 27 heavy (non-hydrogen) atoms. The SMILES string of the molecule is Oc1cccc(-c2ccccc2CC(c2cccnc2)c2cccnc2)c1. The van der Waals surface area contributed by atoms with Crippen LogP contribution in [0.5, 0.6) is 5.75 Å². The van der Waals surface area contributed by atoms with Gasteiger partial charge in [-0.05, 0) is 58.5 Å². The smallest absolute Gasteiger partial charge is 0.116 e. The summed E-state index contributed by atoms with van der Waals surface area (Å²) in [5, 5.41) is 9.89. The molecule has 0 aliphatic rings. The lowest BCUT2D eigenvalue weighted by Crippen LogP contribution is -2.07. The Labute approximate surface area is 159 Å². The van der Waals surface area contributed by atoms with Crippen LogP contribution in [0.4, 0.5) is 0 Å². The third-order valence-electron chi connectivity index (χ3n) is 4.77. The molecule has 0 spiro atoms. The first-order valence-corrected chi connectivity index (χ1v) is 8.98. The van der Waals surface area contributed by atoms with E-state index >= 15 is 0 Å². The van der Waals surface area contributed by atoms with Crippen LogP contribution in [0.15, 0.2) is 97.6 Å². The van der Waals surface area contributed by atoms with Crippen LogP contribution in [-0.4, -0.2) is 15.1 Å². The summed E-state index contributed by atoms with van der Waals surface area (Å²) >= 11 is 0. The predicted octanol–water partition coefficient (Wildman–Crippen LogP) is 5.22. The van der Waals surface area contributed by atoms with E-state index in [9.17, 15) is 5.11 Å². The maximum atomic E-state index is 9.89. The molecule has 132 valence electrons. The molecule has 0 unspecified atom stereocenters. The number of pyridine rings is 2. The molecule has 0 saturated carbocycles. The number of hydrogen-bond donors (Lipinski definition) is 1. The van der Waals surface area contributed by atoms with Gasteiger partial charge in [-0.1, -0.05) is 48.5 Å². The van der Waals surface area contributed by atoms with Crippen molar-refractivity contribution in [3.63, 3.8) is 0 Å². The van der Waals surface area contributed by atoms with Gasteiger partial charge in [0.1, 0.15) is 5.75 Å². The Morgan fingerprint density at radius 1 is 0.741 bits per heavy atom. The molecule has 0 aliphatic carbocycles. The third kappa shape index (κ3) is 3.87. The fourth-order valence-electron chi connectivity index (χ4n) is 3.47. The number of nitrogens with zero attached hydrogens (tertiary/aromatic N) is 2. The van der Waals surface area contributed by atoms with Crippen LogP contribution < -0.4 is 0 Å². The molecule has 4 aromatic rings. The average Bonchev–Trinajstić information content (AvgIpc) is 2.73. The second-order valence-corrected chi connectivity index (χ2v) is 6.54. The predicted molar refractivity (Wildman–Crippen MR) is 108 cm³/mol. The summed E-state index contributed by atoms with van der Waals surface area (Å²) in [6.45, 7) is 0. The van der Waals surface area contributed by atoms with E-state index < -0.39 is 0 Å². The van der Waals surface area contributed by atoms with Gasteiger partial charge in [0.2, 0.25) is 0 Å². The van der Waals surface area contributed by atoms with E-state index in [1.54, 1.807) is 18.5 Å². The van der Waals surface area contributed by atoms with Crippen molar-refractivity contribution in [2.24, 2.45) is 0 Å². The van der Waals surface area contributed by atoms with Crippen LogP contribution in [0.1, 0.15) is 22.6 Å². The number of benzene rings is 2. The van der Waals surface area contributed by atoms with Gasteiger partial charge in [0.05, 0.1) is 0 Å². The van der Waals surface area contributed by atoms with Gasteiger partial charge < -0.3 is 5.11 Å². The first-order valence-electron chi connectivity index (χ1n) is 8.98. The Hall–Kier alpha value is -3.46. The van der Waals surface area contributed by atoms with Crippen molar-refractivity contribution in [1.82, 2.24) is 9.97 Å². The van der Waals surface area contributed by atoms with E-state index in [0.717, 1.165) is 28.7 Å². The van der Waals surface area contributed by atoms with Crippen molar-refractivity contribution in [2.45, 2.75) is 12.3 Å². The maximum Gasteiger partial charge on any atom is 0.116 e. The van der Waals surface area contributed by atoms with Gasteiger partial charge in [-0.25, -0.2) is 0 Å². The van der Waals surface area contributed by atoms with E-state index in [2.05, 4.69) is 40.3 Å². The molecule has 4 rings (SSSR count). The van der Waals surface area contributed by atoms with Gasteiger partial charge in [-0.3, -0.25) is 9.97 Å². The summed E-state index contributed by atoms with van der Waals surface area (Å²) in [4.78, 5) is 8.62. The normalized spacial score (nSPS) is 10.9. The first kappa shape index (κ1) is 17.0. The van der Waals surface area contributed by atoms with Crippen molar-refractivity contribution in [2.75, 3.05) is 0 Å². The average molecular weight is 352 g/mol. The van der Waals surface area contributed by atoms with E-state index in [-0.39, 0.29) is 11.7 Å². The fraction of sp³-hybridized carbons (Fsp3) is 0.0833. The summed E-state index contributed by atoms with van der Waals surface area (Å²) in [7, 11) is 0. The minimum atomic E-state index is 0.158. The standard InChI is InChI=1S/C24H20N2O/c27-22-10-3-7-18(14-22)23-11-2-1-6-19(23)15-24(20-8-4-12-25-16-20)21-9-5-13-26-17-21/h1-14,16-17,24,27H,15H2. The molecular formula is C24H20N2O. The highest BCUT2D eigenvalue weighted by Crippen LogP contribution is 2.33. The topological polar surface area (TPSA) is 46.0 Å². The summed E-state index contributed by atoms with van der Waals surface area (Å²) < 4.78 is 0. The van der Waals surface area contributed by atoms with Crippen LogP contribution in [0.2, 0.25) is 0 Å². The van der Waals surface area contributed by atoms with Crippen molar-refractivity contribution in [3.8, 4) is 16.9 Å². The minimum absolute atomic E-state index is 0.158. The number of phenolic OH excluding ortho intramolecular Hbond substituents is 1. The molecule has 2 aromatic heterocycles. The summed E-state index contributed by atoms with van der Waals surface area (Å²) in [5.74, 6) is 0.434. The zero-order valence-electron chi connectivity index (χ0n) is 14.9. The molecule has 3 heteroatoms. The Balaban J connectivity index is 1.77. The summed E-state index contributed by atoms with van der Waals surface area (Å²) in [6, 6.07) is 23.9. The van der Waals surface area contributed by atoms with Crippen molar-refractivity contribution in [1.29, 1.82) is 0 Å². The fourth-order valence-corrected chi connectivity index (χ4v) is 3.47. The summed E-state index contributed by atoms with van der Waals surface area (Å²) in [6.07, 6.45) is 8.27. The van der Waals surface area contributed by atoms with Gasteiger partial charge in [0, 0.05) is 30.7 Å². The molecule has 0 aliphatic heterocycles. The molecular weight excluding hydrogens is 332 g/mol. The second kappa shape index (κ2) is 7.83. The highest BCUT2D eigenvalue weighted by atomic mass is 16.3. The molecule has 0 atom stereocenters. The molecule has 0 fully saturated rings. The minimum Gasteiger partial charge on any atom is -0.508 e. The van der Waals surface area contributed by atoms with Crippen molar-refractivity contribution < 1.29 is 5.11 Å². The lowest BCUT2D eigenvalue weighted by atomic mass is 9.85. The lowest BCUT2D eigenvalue weighted by molar-refractivity contribution is 0.475. The zero-order chi connectivity index (χ0) is 18.5. The molecule has 2 aromatic carbocycles. The van der Waals surface area contributed by atoms with E-state index in [1.807, 2.05) is 48.8 Å². The van der Waals surface area contributed by atoms with Crippen molar-refractivity contribution in [3.05, 3.63) is 114 Å². The van der Waals surface area contributed by atoms with E-state index in [4.69, 9.17) is 0 Å². The first-order chi connectivity index (χ1) is 13.3. The van der Waals surface area contributed by atoms with Gasteiger partial charge in [0.15, 0.2) is 0 Å². The molecule has 3 nitrogen and oxygen atoms in total. The number of aromatic hydroxyl groups is 1. The quantitative estimate of drug-likeness (QED) is 0.535. The van der Waals surface area contributed by atoms with Crippen LogP contribution in [0.3, 0.4) is 0 Å². The second-order valence-electron chi connectivity index (χ2n) is 6.54. The highest BCUT2D eigenvalue weighted by molar-refractivity contribution is 5.69. The molecule has 1 N–H and O–H groups in total. The number of rotatable bonds is 5. The Bertz CT molecular complexity index is 977. The van der Waals surface area contributed by atoms with Crippen molar-refractivity contribution >= 4 is 0 Å². The van der Waals surface area contributed by atoms with Crippen LogP contribution in [0, 0.1) is 0 Å². The van der Waals surface area contributed by atoms with Gasteiger partial charge in [-0.15, -0.1) is 0 Å². The zero-order valence-corrected chi connectivity index (χ0v) is 14.9. The van der Waals surface area contributed by atoms with E-state index in [0.29, 0.717) is 0 Å². The number of aromatic nitrogens is 2. The summed E-state index contributed by atoms with van der Waals surface area (Å²) in [5.41, 5.74) is 5.70. The van der Waals surface area contributed by atoms with Gasteiger partial charge in [0.25, 0.3) is 0 Å². The molecule has 0 bridgehead atoms. The number of hydrogen-bond acceptors (Lipinski definition) is 3. The highest BCUT2D eigenvalue weighted by Gasteiger charge is 2.17. The molecule has 0 radical (unpaired) electrons. The van der Waals surface area contributed by atoms with Crippen LogP contribution in [-0.2, 0) is 6.42 Å². The van der Waals surface area contributed by atoms with Gasteiger partial charge in [-0.2, -0.15) is 0 Å². The monoisotopic (exact) mass is 352 g/mol. The Morgan fingerprint density at radius 2 is 1.44 bits per heavy atom. The van der Waals surface area contributed by atoms with E-state index in [1.165, 1.54) is 5.56 Å². The third-order valence-corrected chi connectivity index (χ3v) is 4.77. The van der Waals surface area contributed by atoms with Gasteiger partial charge >= 0.3 is 0 Å². The molecule has 0 amide bonds. The molecule has 2 heterocycles. The Kier molecular flexibility index (Phi) is 4.93. The maximum absolute atomic E-state index is 9.89. The largest absolute Gasteiger partial charge is 0.508 e. The Morgan fingerprint density at radius 3 is 2.07 bits per heavy atom. The number of phenols is 1. The lowest BCUT2D eigenvalue weighted by Gasteiger charge is -2.19. The van der Waals surface area contributed by atoms with Crippen LogP contribution >= 0.6 is 0 Å².